The fourth-order valence-electron chi connectivity index (χ4n) is 1.67. The summed E-state index contributed by atoms with van der Waals surface area (Å²) in [5.74, 6) is 0.613. The first-order valence-corrected chi connectivity index (χ1v) is 7.43. The summed E-state index contributed by atoms with van der Waals surface area (Å²) in [4.78, 5) is 0. The number of aliphatic hydroxyl groups excluding tert-OH is 1. The normalized spacial score (nSPS) is 12.0. The molecular weight excluding hydrogens is 333 g/mol. The number of anilines is 1. The van der Waals surface area contributed by atoms with E-state index in [1.165, 1.54) is 0 Å². The molecule has 0 radical (unpaired) electrons. The van der Waals surface area contributed by atoms with Crippen LogP contribution in [0.15, 0.2) is 42.5 Å². The van der Waals surface area contributed by atoms with E-state index in [4.69, 9.17) is 39.5 Å². The molecule has 0 aliphatic heterocycles. The molecule has 2 rings (SSSR count). The van der Waals surface area contributed by atoms with Crippen LogP contribution in [0.4, 0.5) is 5.69 Å². The van der Waals surface area contributed by atoms with E-state index in [-0.39, 0.29) is 6.61 Å². The molecule has 2 aromatic carbocycles. The van der Waals surface area contributed by atoms with Crippen molar-refractivity contribution in [3.8, 4) is 5.75 Å². The fraction of sp³-hybridized carbons (Fsp3) is 0.200. The topological polar surface area (TPSA) is 41.5 Å². The highest BCUT2D eigenvalue weighted by Gasteiger charge is 2.07. The number of ether oxygens (including phenoxy) is 1. The van der Waals surface area contributed by atoms with Crippen molar-refractivity contribution in [1.29, 1.82) is 0 Å². The Bertz CT molecular complexity index is 607. The first kappa shape index (κ1) is 16.2. The van der Waals surface area contributed by atoms with Crippen LogP contribution >= 0.6 is 34.8 Å². The third kappa shape index (κ3) is 5.29. The van der Waals surface area contributed by atoms with Crippen LogP contribution in [-0.2, 0) is 0 Å². The molecule has 0 fully saturated rings. The summed E-state index contributed by atoms with van der Waals surface area (Å²) in [5.41, 5.74) is 0.672. The van der Waals surface area contributed by atoms with Crippen molar-refractivity contribution < 1.29 is 9.84 Å². The minimum Gasteiger partial charge on any atom is -0.491 e. The van der Waals surface area contributed by atoms with E-state index in [9.17, 15) is 5.11 Å². The Morgan fingerprint density at radius 3 is 2.57 bits per heavy atom. The van der Waals surface area contributed by atoms with Gasteiger partial charge in [0.25, 0.3) is 0 Å². The molecule has 0 aliphatic carbocycles. The van der Waals surface area contributed by atoms with E-state index in [1.807, 2.05) is 0 Å². The number of nitrogens with one attached hydrogen (secondary N) is 1. The maximum atomic E-state index is 9.90. The summed E-state index contributed by atoms with van der Waals surface area (Å²) in [7, 11) is 0. The van der Waals surface area contributed by atoms with E-state index < -0.39 is 6.10 Å². The smallest absolute Gasteiger partial charge is 0.120 e. The van der Waals surface area contributed by atoms with Gasteiger partial charge in [-0.3, -0.25) is 0 Å². The lowest BCUT2D eigenvalue weighted by atomic mass is 10.3. The summed E-state index contributed by atoms with van der Waals surface area (Å²) in [6.07, 6.45) is -0.695. The van der Waals surface area contributed by atoms with E-state index in [1.54, 1.807) is 42.5 Å². The van der Waals surface area contributed by atoms with E-state index in [0.29, 0.717) is 33.0 Å². The highest BCUT2D eigenvalue weighted by atomic mass is 35.5. The molecule has 21 heavy (non-hydrogen) atoms. The maximum Gasteiger partial charge on any atom is 0.120 e. The first-order chi connectivity index (χ1) is 10.0. The predicted molar refractivity (Wildman–Crippen MR) is 87.9 cm³/mol. The molecule has 0 saturated carbocycles. The summed E-state index contributed by atoms with van der Waals surface area (Å²) in [6, 6.07) is 12.1. The minimum atomic E-state index is -0.695. The summed E-state index contributed by atoms with van der Waals surface area (Å²) in [5, 5.41) is 14.6. The molecule has 112 valence electrons. The molecule has 0 bridgehead atoms. The van der Waals surface area contributed by atoms with Gasteiger partial charge in [0.1, 0.15) is 18.5 Å². The van der Waals surface area contributed by atoms with Crippen molar-refractivity contribution in [2.24, 2.45) is 0 Å². The zero-order valence-corrected chi connectivity index (χ0v) is 13.3. The zero-order valence-electron chi connectivity index (χ0n) is 11.0. The summed E-state index contributed by atoms with van der Waals surface area (Å²) >= 11 is 17.8. The molecule has 2 aromatic rings. The van der Waals surface area contributed by atoms with Gasteiger partial charge in [-0.1, -0.05) is 40.9 Å². The second-order valence-electron chi connectivity index (χ2n) is 4.43. The lowest BCUT2D eigenvalue weighted by molar-refractivity contribution is 0.117. The van der Waals surface area contributed by atoms with Crippen LogP contribution in [0.1, 0.15) is 0 Å². The highest BCUT2D eigenvalue weighted by molar-refractivity contribution is 6.35. The molecule has 0 saturated heterocycles. The van der Waals surface area contributed by atoms with Crippen LogP contribution in [0.25, 0.3) is 0 Å². The number of hydrogen-bond donors (Lipinski definition) is 2. The lowest BCUT2D eigenvalue weighted by Gasteiger charge is -2.15. The average molecular weight is 347 g/mol. The molecule has 6 heteroatoms. The third-order valence-electron chi connectivity index (χ3n) is 2.70. The van der Waals surface area contributed by atoms with Crippen LogP contribution in [0.3, 0.4) is 0 Å². The molecule has 1 atom stereocenters. The van der Waals surface area contributed by atoms with Gasteiger partial charge in [0.05, 0.1) is 10.7 Å². The SMILES string of the molecule is OC(CNc1cc(Cl)ccc1Cl)COc1cccc(Cl)c1. The molecule has 1 unspecified atom stereocenters. The van der Waals surface area contributed by atoms with E-state index in [0.717, 1.165) is 0 Å². The van der Waals surface area contributed by atoms with E-state index in [2.05, 4.69) is 5.32 Å². The predicted octanol–water partition coefficient (Wildman–Crippen LogP) is 4.50. The number of aliphatic hydroxyl groups is 1. The summed E-state index contributed by atoms with van der Waals surface area (Å²) in [6.45, 7) is 0.437. The highest BCUT2D eigenvalue weighted by Crippen LogP contribution is 2.25. The average Bonchev–Trinajstić information content (AvgIpc) is 2.46. The standard InChI is InChI=1S/C15H14Cl3NO2/c16-10-2-1-3-13(6-10)21-9-12(20)8-19-15-7-11(17)4-5-14(15)18/h1-7,12,19-20H,8-9H2. The Kier molecular flexibility index (Phi) is 6.00. The van der Waals surface area contributed by atoms with Crippen molar-refractivity contribution in [2.75, 3.05) is 18.5 Å². The third-order valence-corrected chi connectivity index (χ3v) is 3.49. The van der Waals surface area contributed by atoms with Gasteiger partial charge in [0.2, 0.25) is 0 Å². The second-order valence-corrected chi connectivity index (χ2v) is 5.71. The lowest BCUT2D eigenvalue weighted by Crippen LogP contribution is -2.26. The Balaban J connectivity index is 1.82. The zero-order chi connectivity index (χ0) is 15.2. The molecule has 2 N–H and O–H groups in total. The van der Waals surface area contributed by atoms with Crippen molar-refractivity contribution in [2.45, 2.75) is 6.10 Å². The molecule has 0 amide bonds. The summed E-state index contributed by atoms with van der Waals surface area (Å²) < 4.78 is 5.46. The maximum absolute atomic E-state index is 9.90. The minimum absolute atomic E-state index is 0.144. The van der Waals surface area contributed by atoms with Crippen LogP contribution in [0, 0.1) is 0 Å². The van der Waals surface area contributed by atoms with Crippen LogP contribution in [-0.4, -0.2) is 24.4 Å². The van der Waals surface area contributed by atoms with Gasteiger partial charge in [-0.05, 0) is 36.4 Å². The van der Waals surface area contributed by atoms with Crippen LogP contribution < -0.4 is 10.1 Å². The van der Waals surface area contributed by atoms with Crippen molar-refractivity contribution >= 4 is 40.5 Å². The van der Waals surface area contributed by atoms with Gasteiger partial charge >= 0.3 is 0 Å². The van der Waals surface area contributed by atoms with Crippen molar-refractivity contribution in [1.82, 2.24) is 0 Å². The fourth-order valence-corrected chi connectivity index (χ4v) is 2.21. The van der Waals surface area contributed by atoms with Crippen LogP contribution in [0.2, 0.25) is 15.1 Å². The number of halogens is 3. The number of hydrogen-bond acceptors (Lipinski definition) is 3. The molecule has 0 aliphatic rings. The Hall–Kier alpha value is -1.13. The van der Waals surface area contributed by atoms with Gasteiger partial charge < -0.3 is 15.2 Å². The Morgan fingerprint density at radius 1 is 1.05 bits per heavy atom. The quantitative estimate of drug-likeness (QED) is 0.809. The molecule has 3 nitrogen and oxygen atoms in total. The van der Waals surface area contributed by atoms with Gasteiger partial charge in [-0.15, -0.1) is 0 Å². The molecule has 0 heterocycles. The van der Waals surface area contributed by atoms with Gasteiger partial charge in [0.15, 0.2) is 0 Å². The molecule has 0 spiro atoms. The number of rotatable bonds is 6. The first-order valence-electron chi connectivity index (χ1n) is 6.30. The second kappa shape index (κ2) is 7.76. The van der Waals surface area contributed by atoms with Crippen molar-refractivity contribution in [3.63, 3.8) is 0 Å². The largest absolute Gasteiger partial charge is 0.491 e. The molecule has 0 aromatic heterocycles. The van der Waals surface area contributed by atoms with Crippen molar-refractivity contribution in [3.05, 3.63) is 57.5 Å². The van der Waals surface area contributed by atoms with Gasteiger partial charge in [-0.25, -0.2) is 0 Å². The van der Waals surface area contributed by atoms with E-state index >= 15 is 0 Å². The van der Waals surface area contributed by atoms with Crippen LogP contribution in [0.5, 0.6) is 5.75 Å². The molecular formula is C15H14Cl3NO2. The monoisotopic (exact) mass is 345 g/mol. The Morgan fingerprint density at radius 2 is 1.81 bits per heavy atom. The Labute approximate surface area is 138 Å². The van der Waals surface area contributed by atoms with Gasteiger partial charge in [0, 0.05) is 16.6 Å². The number of benzene rings is 2. The van der Waals surface area contributed by atoms with Gasteiger partial charge in [-0.2, -0.15) is 0 Å².